The second-order valence-electron chi connectivity index (χ2n) is 12.8. The summed E-state index contributed by atoms with van der Waals surface area (Å²) in [5.74, 6) is 1.28. The molecule has 8 nitrogen and oxygen atoms in total. The van der Waals surface area contributed by atoms with Crippen LogP contribution in [0.4, 0.5) is 11.4 Å². The highest BCUT2D eigenvalue weighted by atomic mass is 16.6. The van der Waals surface area contributed by atoms with Gasteiger partial charge in [-0.15, -0.1) is 0 Å². The Balaban J connectivity index is 1.31. The zero-order valence-corrected chi connectivity index (χ0v) is 27.4. The van der Waals surface area contributed by atoms with Crippen LogP contribution < -0.4 is 10.1 Å². The average Bonchev–Trinajstić information content (AvgIpc) is 3.53. The molecule has 0 unspecified atom stereocenters. The number of imidazole rings is 1. The van der Waals surface area contributed by atoms with Crippen LogP contribution in [0.3, 0.4) is 0 Å². The number of carbonyl (C=O) groups is 1. The van der Waals surface area contributed by atoms with Crippen LogP contribution in [0.2, 0.25) is 0 Å². The number of ether oxygens (including phenoxy) is 1. The minimum atomic E-state index is -0.423. The molecule has 1 aromatic heterocycles. The molecule has 0 bridgehead atoms. The standard InChI is InChI=1S/C37H46N4O4/c1-7-36(3,4)26-21-22-33(29(24-26)37(5,6)8-2)45-23-15-9-10-20-34(42)39-30-18-13-11-16-27(30)31-25-38-35(40-31)28-17-12-14-19-32(28)41(43)44/h11-14,16-19,21-22,24-25H,7-10,15,20,23H2,1-6H3,(H,38,40)(H,39,42). The van der Waals surface area contributed by atoms with E-state index in [-0.39, 0.29) is 22.4 Å². The molecular weight excluding hydrogens is 564 g/mol. The number of H-pyrrole nitrogens is 1. The van der Waals surface area contributed by atoms with E-state index < -0.39 is 4.92 Å². The third kappa shape index (κ3) is 8.18. The first-order chi connectivity index (χ1) is 21.5. The Bertz CT molecular complexity index is 1620. The molecule has 4 aromatic rings. The smallest absolute Gasteiger partial charge is 0.280 e. The van der Waals surface area contributed by atoms with Gasteiger partial charge >= 0.3 is 0 Å². The van der Waals surface area contributed by atoms with E-state index in [0.29, 0.717) is 35.8 Å². The number of unbranched alkanes of at least 4 members (excludes halogenated alkanes) is 2. The van der Waals surface area contributed by atoms with Crippen LogP contribution in [0.25, 0.3) is 22.6 Å². The van der Waals surface area contributed by atoms with Gasteiger partial charge in [0.1, 0.15) is 11.6 Å². The maximum atomic E-state index is 12.9. The number of para-hydroxylation sites is 2. The fourth-order valence-corrected chi connectivity index (χ4v) is 5.21. The Morgan fingerprint density at radius 3 is 2.31 bits per heavy atom. The molecule has 0 aliphatic rings. The van der Waals surface area contributed by atoms with Gasteiger partial charge in [-0.25, -0.2) is 4.98 Å². The van der Waals surface area contributed by atoms with E-state index in [1.807, 2.05) is 24.3 Å². The summed E-state index contributed by atoms with van der Waals surface area (Å²) in [6, 6.07) is 20.6. The van der Waals surface area contributed by atoms with Gasteiger partial charge in [-0.3, -0.25) is 14.9 Å². The van der Waals surface area contributed by atoms with Crippen molar-refractivity contribution in [1.29, 1.82) is 0 Å². The van der Waals surface area contributed by atoms with Gasteiger partial charge in [0.25, 0.3) is 5.69 Å². The van der Waals surface area contributed by atoms with E-state index in [4.69, 9.17) is 4.74 Å². The molecule has 0 radical (unpaired) electrons. The van der Waals surface area contributed by atoms with Crippen LogP contribution in [0.1, 0.15) is 91.2 Å². The molecule has 0 atom stereocenters. The molecule has 1 heterocycles. The molecule has 0 saturated heterocycles. The first kappa shape index (κ1) is 33.4. The van der Waals surface area contributed by atoms with Gasteiger partial charge < -0.3 is 15.0 Å². The molecule has 0 fully saturated rings. The lowest BCUT2D eigenvalue weighted by atomic mass is 9.76. The summed E-state index contributed by atoms with van der Waals surface area (Å²) < 4.78 is 6.30. The number of rotatable bonds is 15. The third-order valence-corrected chi connectivity index (χ3v) is 8.97. The van der Waals surface area contributed by atoms with Gasteiger partial charge in [-0.1, -0.05) is 84.0 Å². The number of nitrogens with one attached hydrogen (secondary N) is 2. The lowest BCUT2D eigenvalue weighted by molar-refractivity contribution is -0.384. The quantitative estimate of drug-likeness (QED) is 0.0791. The molecule has 0 saturated carbocycles. The summed E-state index contributed by atoms with van der Waals surface area (Å²) in [6.45, 7) is 14.2. The number of benzene rings is 3. The number of carbonyl (C=O) groups excluding carboxylic acids is 1. The highest BCUT2D eigenvalue weighted by Gasteiger charge is 2.26. The first-order valence-electron chi connectivity index (χ1n) is 15.9. The van der Waals surface area contributed by atoms with Crippen molar-refractivity contribution in [2.24, 2.45) is 0 Å². The van der Waals surface area contributed by atoms with Gasteiger partial charge in [0, 0.05) is 29.8 Å². The number of nitro groups is 1. The summed E-state index contributed by atoms with van der Waals surface area (Å²) in [5, 5.41) is 14.5. The van der Waals surface area contributed by atoms with Gasteiger partial charge in [0.2, 0.25) is 5.91 Å². The van der Waals surface area contributed by atoms with Crippen LogP contribution in [-0.4, -0.2) is 27.4 Å². The molecule has 3 aromatic carbocycles. The van der Waals surface area contributed by atoms with E-state index in [1.54, 1.807) is 24.4 Å². The van der Waals surface area contributed by atoms with Crippen molar-refractivity contribution in [3.8, 4) is 28.4 Å². The molecule has 8 heteroatoms. The zero-order valence-electron chi connectivity index (χ0n) is 27.4. The van der Waals surface area contributed by atoms with E-state index in [2.05, 4.69) is 75.0 Å². The topological polar surface area (TPSA) is 110 Å². The van der Waals surface area contributed by atoms with Crippen molar-refractivity contribution >= 4 is 17.3 Å². The Labute approximate surface area is 266 Å². The highest BCUT2D eigenvalue weighted by molar-refractivity contribution is 5.95. The largest absolute Gasteiger partial charge is 0.493 e. The molecule has 238 valence electrons. The third-order valence-electron chi connectivity index (χ3n) is 8.97. The minimum absolute atomic E-state index is 0.0144. The van der Waals surface area contributed by atoms with Crippen molar-refractivity contribution in [2.75, 3.05) is 11.9 Å². The normalized spacial score (nSPS) is 11.8. The summed E-state index contributed by atoms with van der Waals surface area (Å²) in [4.78, 5) is 31.6. The Morgan fingerprint density at radius 1 is 0.911 bits per heavy atom. The van der Waals surface area contributed by atoms with Crippen molar-refractivity contribution in [3.05, 3.63) is 94.2 Å². The predicted molar refractivity (Wildman–Crippen MR) is 182 cm³/mol. The van der Waals surface area contributed by atoms with Crippen LogP contribution in [0.15, 0.2) is 72.9 Å². The molecule has 0 spiro atoms. The molecule has 0 aliphatic heterocycles. The number of aromatic nitrogens is 2. The lowest BCUT2D eigenvalue weighted by Gasteiger charge is -2.30. The van der Waals surface area contributed by atoms with Gasteiger partial charge in [-0.2, -0.15) is 0 Å². The van der Waals surface area contributed by atoms with Crippen LogP contribution >= 0.6 is 0 Å². The van der Waals surface area contributed by atoms with Crippen molar-refractivity contribution in [2.45, 2.75) is 90.9 Å². The SMILES string of the molecule is CCC(C)(C)c1ccc(OCCCCCC(=O)Nc2ccccc2-c2c[nH]c(-c3ccccc3[N+](=O)[O-])n2)c(C(C)(C)CC)c1. The Morgan fingerprint density at radius 2 is 1.60 bits per heavy atom. The zero-order chi connectivity index (χ0) is 32.6. The molecule has 2 N–H and O–H groups in total. The number of aromatic amines is 1. The molecule has 0 aliphatic carbocycles. The van der Waals surface area contributed by atoms with Crippen LogP contribution in [-0.2, 0) is 15.6 Å². The van der Waals surface area contributed by atoms with E-state index in [0.717, 1.165) is 43.4 Å². The number of hydrogen-bond acceptors (Lipinski definition) is 5. The Hall–Kier alpha value is -4.46. The molecular formula is C37H46N4O4. The number of anilines is 1. The first-order valence-corrected chi connectivity index (χ1v) is 15.9. The summed E-state index contributed by atoms with van der Waals surface area (Å²) >= 11 is 0. The van der Waals surface area contributed by atoms with Gasteiger partial charge in [0.05, 0.1) is 28.5 Å². The number of nitro benzene ring substituents is 1. The van der Waals surface area contributed by atoms with Crippen molar-refractivity contribution in [1.82, 2.24) is 9.97 Å². The molecule has 4 rings (SSSR count). The maximum Gasteiger partial charge on any atom is 0.280 e. The highest BCUT2D eigenvalue weighted by Crippen LogP contribution is 2.38. The fraction of sp³-hybridized carbons (Fsp3) is 0.405. The van der Waals surface area contributed by atoms with Crippen LogP contribution in [0, 0.1) is 10.1 Å². The fourth-order valence-electron chi connectivity index (χ4n) is 5.21. The summed E-state index contributed by atoms with van der Waals surface area (Å²) in [6.07, 6.45) is 6.67. The lowest BCUT2D eigenvalue weighted by Crippen LogP contribution is -2.21. The molecule has 45 heavy (non-hydrogen) atoms. The number of hydrogen-bond donors (Lipinski definition) is 2. The average molecular weight is 611 g/mol. The van der Waals surface area contributed by atoms with Crippen molar-refractivity contribution in [3.63, 3.8) is 0 Å². The second kappa shape index (κ2) is 14.5. The van der Waals surface area contributed by atoms with Gasteiger partial charge in [-0.05, 0) is 66.7 Å². The van der Waals surface area contributed by atoms with E-state index in [1.165, 1.54) is 17.2 Å². The second-order valence-corrected chi connectivity index (χ2v) is 12.8. The molecule has 1 amide bonds. The van der Waals surface area contributed by atoms with E-state index >= 15 is 0 Å². The monoisotopic (exact) mass is 610 g/mol. The Kier molecular flexibility index (Phi) is 10.8. The predicted octanol–water partition coefficient (Wildman–Crippen LogP) is 9.60. The summed E-state index contributed by atoms with van der Waals surface area (Å²) in [5.41, 5.74) is 5.08. The van der Waals surface area contributed by atoms with Crippen molar-refractivity contribution < 1.29 is 14.5 Å². The number of amides is 1. The van der Waals surface area contributed by atoms with E-state index in [9.17, 15) is 14.9 Å². The number of nitrogens with zero attached hydrogens (tertiary/aromatic N) is 2. The van der Waals surface area contributed by atoms with Crippen LogP contribution in [0.5, 0.6) is 5.75 Å². The maximum absolute atomic E-state index is 12.9. The summed E-state index contributed by atoms with van der Waals surface area (Å²) in [7, 11) is 0. The minimum Gasteiger partial charge on any atom is -0.493 e. The van der Waals surface area contributed by atoms with Gasteiger partial charge in [0.15, 0.2) is 0 Å².